The zero-order chi connectivity index (χ0) is 17.7. The number of nitrogens with two attached hydrogens (primary N) is 1. The van der Waals surface area contributed by atoms with Gasteiger partial charge in [0.15, 0.2) is 0 Å². The molecule has 0 radical (unpaired) electrons. The minimum absolute atomic E-state index is 0.0549. The van der Waals surface area contributed by atoms with Crippen molar-refractivity contribution in [1.29, 1.82) is 0 Å². The van der Waals surface area contributed by atoms with Gasteiger partial charge in [-0.25, -0.2) is 4.98 Å². The van der Waals surface area contributed by atoms with E-state index in [9.17, 15) is 5.11 Å². The van der Waals surface area contributed by atoms with Gasteiger partial charge in [-0.15, -0.1) is 0 Å². The summed E-state index contributed by atoms with van der Waals surface area (Å²) in [6.07, 6.45) is 5.29. The number of hydrogen-bond acceptors (Lipinski definition) is 5. The molecule has 1 fully saturated rings. The van der Waals surface area contributed by atoms with Gasteiger partial charge in [0.05, 0.1) is 6.61 Å². The molecule has 1 aromatic carbocycles. The first-order valence-corrected chi connectivity index (χ1v) is 9.11. The SMILES string of the molecule is Cc1cc(N2CCC[C@](CO)(CCCc3ccccc3)C2)nc(N)n1. The maximum absolute atomic E-state index is 10.1. The molecule has 3 N–H and O–H groups in total. The molecule has 1 aromatic heterocycles. The maximum atomic E-state index is 10.1. The first-order valence-electron chi connectivity index (χ1n) is 9.11. The Kier molecular flexibility index (Phi) is 5.53. The average Bonchev–Trinajstić information content (AvgIpc) is 2.62. The highest BCUT2D eigenvalue weighted by molar-refractivity contribution is 5.44. The summed E-state index contributed by atoms with van der Waals surface area (Å²) in [7, 11) is 0. The van der Waals surface area contributed by atoms with E-state index in [-0.39, 0.29) is 12.0 Å². The van der Waals surface area contributed by atoms with Gasteiger partial charge >= 0.3 is 0 Å². The van der Waals surface area contributed by atoms with Crippen LogP contribution in [0.2, 0.25) is 0 Å². The Morgan fingerprint density at radius 3 is 2.76 bits per heavy atom. The summed E-state index contributed by atoms with van der Waals surface area (Å²) < 4.78 is 0. The van der Waals surface area contributed by atoms with Crippen LogP contribution in [0, 0.1) is 12.3 Å². The molecule has 1 atom stereocenters. The van der Waals surface area contributed by atoms with Crippen molar-refractivity contribution >= 4 is 11.8 Å². The third-order valence-corrected chi connectivity index (χ3v) is 5.19. The minimum Gasteiger partial charge on any atom is -0.396 e. The Bertz CT molecular complexity index is 671. The number of aliphatic hydroxyl groups excluding tert-OH is 1. The normalized spacial score (nSPS) is 20.6. The van der Waals surface area contributed by atoms with E-state index in [4.69, 9.17) is 5.73 Å². The van der Waals surface area contributed by atoms with Crippen molar-refractivity contribution < 1.29 is 5.11 Å². The molecule has 134 valence electrons. The number of rotatable bonds is 6. The monoisotopic (exact) mass is 340 g/mol. The fourth-order valence-electron chi connectivity index (χ4n) is 3.86. The van der Waals surface area contributed by atoms with E-state index in [1.807, 2.05) is 19.1 Å². The molecule has 2 heterocycles. The highest BCUT2D eigenvalue weighted by Gasteiger charge is 2.35. The highest BCUT2D eigenvalue weighted by atomic mass is 16.3. The summed E-state index contributed by atoms with van der Waals surface area (Å²) in [6.45, 7) is 3.94. The highest BCUT2D eigenvalue weighted by Crippen LogP contribution is 2.36. The molecule has 0 spiro atoms. The van der Waals surface area contributed by atoms with Crippen LogP contribution >= 0.6 is 0 Å². The molecule has 1 aliphatic rings. The lowest BCUT2D eigenvalue weighted by Gasteiger charge is -2.42. The number of hydrogen-bond donors (Lipinski definition) is 2. The second kappa shape index (κ2) is 7.83. The molecule has 0 saturated carbocycles. The first-order chi connectivity index (χ1) is 12.1. The Hall–Kier alpha value is -2.14. The van der Waals surface area contributed by atoms with Gasteiger partial charge in [-0.1, -0.05) is 30.3 Å². The number of nitrogens with zero attached hydrogens (tertiary/aromatic N) is 3. The van der Waals surface area contributed by atoms with Gasteiger partial charge in [0.2, 0.25) is 5.95 Å². The van der Waals surface area contributed by atoms with E-state index in [0.717, 1.165) is 56.7 Å². The fourth-order valence-corrected chi connectivity index (χ4v) is 3.86. The minimum atomic E-state index is -0.0549. The molecule has 5 nitrogen and oxygen atoms in total. The predicted octanol–water partition coefficient (Wildman–Crippen LogP) is 2.97. The fraction of sp³-hybridized carbons (Fsp3) is 0.500. The lowest BCUT2D eigenvalue weighted by Crippen LogP contribution is -2.46. The van der Waals surface area contributed by atoms with Crippen LogP contribution in [0.5, 0.6) is 0 Å². The molecule has 2 aromatic rings. The van der Waals surface area contributed by atoms with Crippen molar-refractivity contribution in [2.24, 2.45) is 5.41 Å². The second-order valence-corrected chi connectivity index (χ2v) is 7.25. The van der Waals surface area contributed by atoms with Crippen LogP contribution in [0.15, 0.2) is 36.4 Å². The van der Waals surface area contributed by atoms with Crippen molar-refractivity contribution in [2.75, 3.05) is 30.3 Å². The van der Waals surface area contributed by atoms with E-state index < -0.39 is 0 Å². The molecule has 1 saturated heterocycles. The Balaban J connectivity index is 1.66. The molecule has 5 heteroatoms. The van der Waals surface area contributed by atoms with Crippen molar-refractivity contribution in [3.8, 4) is 0 Å². The number of aliphatic hydroxyl groups is 1. The van der Waals surface area contributed by atoms with Crippen LogP contribution in [0.25, 0.3) is 0 Å². The summed E-state index contributed by atoms with van der Waals surface area (Å²) in [4.78, 5) is 10.8. The third kappa shape index (κ3) is 4.48. The zero-order valence-corrected chi connectivity index (χ0v) is 15.0. The maximum Gasteiger partial charge on any atom is 0.222 e. The summed E-state index contributed by atoms with van der Waals surface area (Å²) in [5.74, 6) is 1.20. The summed E-state index contributed by atoms with van der Waals surface area (Å²) in [6, 6.07) is 12.5. The molecule has 0 aliphatic carbocycles. The van der Waals surface area contributed by atoms with Crippen LogP contribution in [0.4, 0.5) is 11.8 Å². The molecule has 0 amide bonds. The van der Waals surface area contributed by atoms with Crippen LogP contribution in [-0.2, 0) is 6.42 Å². The van der Waals surface area contributed by atoms with Crippen molar-refractivity contribution in [3.63, 3.8) is 0 Å². The van der Waals surface area contributed by atoms with Gasteiger partial charge in [0, 0.05) is 30.3 Å². The lowest BCUT2D eigenvalue weighted by atomic mass is 9.76. The van der Waals surface area contributed by atoms with E-state index in [2.05, 4.69) is 39.1 Å². The van der Waals surface area contributed by atoms with Gasteiger partial charge in [-0.05, 0) is 44.6 Å². The standard InChI is InChI=1S/C20H28N4O/c1-16-13-18(23-19(21)22-16)24-12-6-11-20(14-24,15-25)10-5-9-17-7-3-2-4-8-17/h2-4,7-8,13,25H,5-6,9-12,14-15H2,1H3,(H2,21,22,23)/t20-/m1/s1. The van der Waals surface area contributed by atoms with E-state index in [1.165, 1.54) is 5.56 Å². The zero-order valence-electron chi connectivity index (χ0n) is 15.0. The van der Waals surface area contributed by atoms with Crippen LogP contribution in [0.1, 0.15) is 36.9 Å². The number of anilines is 2. The molecule has 25 heavy (non-hydrogen) atoms. The summed E-state index contributed by atoms with van der Waals surface area (Å²) >= 11 is 0. The number of nitrogen functional groups attached to an aromatic ring is 1. The quantitative estimate of drug-likeness (QED) is 0.845. The van der Waals surface area contributed by atoms with E-state index in [0.29, 0.717) is 5.95 Å². The predicted molar refractivity (Wildman–Crippen MR) is 102 cm³/mol. The average molecular weight is 340 g/mol. The Morgan fingerprint density at radius 2 is 2.04 bits per heavy atom. The van der Waals surface area contributed by atoms with Gasteiger partial charge in [-0.2, -0.15) is 4.98 Å². The summed E-state index contributed by atoms with van der Waals surface area (Å²) in [5, 5.41) is 10.1. The van der Waals surface area contributed by atoms with E-state index >= 15 is 0 Å². The van der Waals surface area contributed by atoms with Crippen LogP contribution in [-0.4, -0.2) is 34.8 Å². The van der Waals surface area contributed by atoms with Crippen molar-refractivity contribution in [3.05, 3.63) is 47.7 Å². The summed E-state index contributed by atoms with van der Waals surface area (Å²) in [5.41, 5.74) is 8.00. The van der Waals surface area contributed by atoms with Gasteiger partial charge in [0.1, 0.15) is 5.82 Å². The Morgan fingerprint density at radius 1 is 1.24 bits per heavy atom. The van der Waals surface area contributed by atoms with Crippen LogP contribution < -0.4 is 10.6 Å². The van der Waals surface area contributed by atoms with Gasteiger partial charge in [0.25, 0.3) is 0 Å². The second-order valence-electron chi connectivity index (χ2n) is 7.25. The lowest BCUT2D eigenvalue weighted by molar-refractivity contribution is 0.0939. The number of aryl methyl sites for hydroxylation is 2. The number of aromatic nitrogens is 2. The van der Waals surface area contributed by atoms with Crippen molar-refractivity contribution in [2.45, 2.75) is 39.0 Å². The molecular weight excluding hydrogens is 312 g/mol. The van der Waals surface area contributed by atoms with Gasteiger partial charge < -0.3 is 15.7 Å². The first kappa shape index (κ1) is 17.7. The Labute approximate surface area is 149 Å². The number of piperidine rings is 1. The molecular formula is C20H28N4O. The molecule has 3 rings (SSSR count). The van der Waals surface area contributed by atoms with Crippen LogP contribution in [0.3, 0.4) is 0 Å². The topological polar surface area (TPSA) is 75.3 Å². The molecule has 1 aliphatic heterocycles. The largest absolute Gasteiger partial charge is 0.396 e. The third-order valence-electron chi connectivity index (χ3n) is 5.19. The molecule has 0 bridgehead atoms. The van der Waals surface area contributed by atoms with Gasteiger partial charge in [-0.3, -0.25) is 0 Å². The number of benzene rings is 1. The smallest absolute Gasteiger partial charge is 0.222 e. The van der Waals surface area contributed by atoms with Crippen molar-refractivity contribution in [1.82, 2.24) is 9.97 Å². The molecule has 0 unspecified atom stereocenters. The van der Waals surface area contributed by atoms with E-state index in [1.54, 1.807) is 0 Å².